The number of ether oxygens (including phenoxy) is 2. The monoisotopic (exact) mass is 341 g/mol. The lowest BCUT2D eigenvalue weighted by Gasteiger charge is -2.22. The van der Waals surface area contributed by atoms with Crippen molar-refractivity contribution in [1.29, 1.82) is 0 Å². The van der Waals surface area contributed by atoms with Gasteiger partial charge in [-0.25, -0.2) is 0 Å². The van der Waals surface area contributed by atoms with E-state index in [4.69, 9.17) is 21.1 Å². The van der Waals surface area contributed by atoms with Gasteiger partial charge < -0.3 is 20.1 Å². The number of guanidine groups is 1. The molecular formula is C17H28ClN3O2. The predicted molar refractivity (Wildman–Crippen MR) is 96.3 cm³/mol. The van der Waals surface area contributed by atoms with Gasteiger partial charge in [0.1, 0.15) is 0 Å². The maximum atomic E-state index is 6.05. The first-order valence-electron chi connectivity index (χ1n) is 7.77. The third-order valence-electron chi connectivity index (χ3n) is 3.47. The summed E-state index contributed by atoms with van der Waals surface area (Å²) in [5, 5.41) is 7.23. The molecule has 0 heterocycles. The minimum Gasteiger partial charge on any atom is -0.377 e. The SMILES string of the molecule is CCNC(=NCC(C)(C)OC)NCC(OC)c1cccc(Cl)c1. The third-order valence-corrected chi connectivity index (χ3v) is 3.71. The van der Waals surface area contributed by atoms with Crippen LogP contribution < -0.4 is 10.6 Å². The van der Waals surface area contributed by atoms with E-state index in [2.05, 4.69) is 15.6 Å². The molecule has 0 aliphatic carbocycles. The van der Waals surface area contributed by atoms with Crippen molar-refractivity contribution in [2.75, 3.05) is 33.9 Å². The number of nitrogens with zero attached hydrogens (tertiary/aromatic N) is 1. The molecule has 23 heavy (non-hydrogen) atoms. The molecule has 5 nitrogen and oxygen atoms in total. The zero-order valence-electron chi connectivity index (χ0n) is 14.6. The number of rotatable bonds is 8. The molecule has 0 aliphatic heterocycles. The highest BCUT2D eigenvalue weighted by molar-refractivity contribution is 6.30. The molecule has 0 aromatic heterocycles. The first-order valence-corrected chi connectivity index (χ1v) is 8.15. The summed E-state index contributed by atoms with van der Waals surface area (Å²) in [6.07, 6.45) is -0.104. The van der Waals surface area contributed by atoms with Crippen LogP contribution in [0.1, 0.15) is 32.4 Å². The largest absolute Gasteiger partial charge is 0.377 e. The summed E-state index contributed by atoms with van der Waals surface area (Å²) >= 11 is 6.05. The van der Waals surface area contributed by atoms with E-state index in [-0.39, 0.29) is 11.7 Å². The first kappa shape index (κ1) is 19.7. The van der Waals surface area contributed by atoms with Crippen molar-refractivity contribution in [3.05, 3.63) is 34.9 Å². The number of aliphatic imine (C=N–C) groups is 1. The fourth-order valence-electron chi connectivity index (χ4n) is 1.91. The van der Waals surface area contributed by atoms with E-state index in [1.165, 1.54) is 0 Å². The molecule has 130 valence electrons. The van der Waals surface area contributed by atoms with Crippen LogP contribution in [0, 0.1) is 0 Å². The molecule has 0 spiro atoms. The number of hydrogen-bond donors (Lipinski definition) is 2. The summed E-state index contributed by atoms with van der Waals surface area (Å²) in [5.74, 6) is 0.738. The van der Waals surface area contributed by atoms with E-state index in [0.29, 0.717) is 18.1 Å². The van der Waals surface area contributed by atoms with Gasteiger partial charge in [-0.3, -0.25) is 4.99 Å². The third kappa shape index (κ3) is 7.20. The topological polar surface area (TPSA) is 54.9 Å². The van der Waals surface area contributed by atoms with Gasteiger partial charge >= 0.3 is 0 Å². The van der Waals surface area contributed by atoms with Crippen molar-refractivity contribution in [3.63, 3.8) is 0 Å². The molecule has 0 fully saturated rings. The number of hydrogen-bond acceptors (Lipinski definition) is 3. The Morgan fingerprint density at radius 3 is 2.61 bits per heavy atom. The average Bonchev–Trinajstić information content (AvgIpc) is 2.53. The van der Waals surface area contributed by atoms with Crippen molar-refractivity contribution >= 4 is 17.6 Å². The highest BCUT2D eigenvalue weighted by atomic mass is 35.5. The highest BCUT2D eigenvalue weighted by Crippen LogP contribution is 2.19. The van der Waals surface area contributed by atoms with Gasteiger partial charge in [-0.05, 0) is 38.5 Å². The summed E-state index contributed by atoms with van der Waals surface area (Å²) in [5.41, 5.74) is 0.733. The summed E-state index contributed by atoms with van der Waals surface area (Å²) in [4.78, 5) is 4.56. The quantitative estimate of drug-likeness (QED) is 0.563. The zero-order chi connectivity index (χ0) is 17.3. The lowest BCUT2D eigenvalue weighted by atomic mass is 10.1. The van der Waals surface area contributed by atoms with Gasteiger partial charge in [0.05, 0.1) is 18.2 Å². The predicted octanol–water partition coefficient (Wildman–Crippen LogP) is 3.01. The van der Waals surface area contributed by atoms with Crippen molar-refractivity contribution in [2.45, 2.75) is 32.5 Å². The molecular weight excluding hydrogens is 314 g/mol. The van der Waals surface area contributed by atoms with E-state index in [0.717, 1.165) is 18.1 Å². The molecule has 0 saturated heterocycles. The standard InChI is InChI=1S/C17H28ClN3O2/c1-6-19-16(21-12-17(2,3)23-5)20-11-15(22-4)13-8-7-9-14(18)10-13/h7-10,15H,6,11-12H2,1-5H3,(H2,19,20,21). The zero-order valence-corrected chi connectivity index (χ0v) is 15.4. The van der Waals surface area contributed by atoms with Gasteiger partial charge in [0.25, 0.3) is 0 Å². The second kappa shape index (κ2) is 9.75. The molecule has 0 bridgehead atoms. The second-order valence-corrected chi connectivity index (χ2v) is 6.26. The van der Waals surface area contributed by atoms with Crippen LogP contribution in [-0.4, -0.2) is 45.4 Å². The Balaban J connectivity index is 2.70. The van der Waals surface area contributed by atoms with Gasteiger partial charge in [-0.15, -0.1) is 0 Å². The Morgan fingerprint density at radius 2 is 2.04 bits per heavy atom. The Kier molecular flexibility index (Phi) is 8.37. The van der Waals surface area contributed by atoms with Crippen LogP contribution >= 0.6 is 11.6 Å². The number of halogens is 1. The normalized spacial score (nSPS) is 13.7. The minimum atomic E-state index is -0.296. The Morgan fingerprint density at radius 1 is 1.30 bits per heavy atom. The van der Waals surface area contributed by atoms with Crippen molar-refractivity contribution in [3.8, 4) is 0 Å². The highest BCUT2D eigenvalue weighted by Gasteiger charge is 2.16. The molecule has 1 aromatic carbocycles. The smallest absolute Gasteiger partial charge is 0.191 e. The second-order valence-electron chi connectivity index (χ2n) is 5.82. The molecule has 1 atom stereocenters. The summed E-state index contributed by atoms with van der Waals surface area (Å²) < 4.78 is 11.0. The van der Waals surface area contributed by atoms with Crippen molar-refractivity contribution < 1.29 is 9.47 Å². The Bertz CT molecular complexity index is 506. The van der Waals surface area contributed by atoms with E-state index in [9.17, 15) is 0 Å². The van der Waals surface area contributed by atoms with Crippen LogP contribution in [0.15, 0.2) is 29.3 Å². The molecule has 0 saturated carbocycles. The van der Waals surface area contributed by atoms with Gasteiger partial charge in [0.2, 0.25) is 0 Å². The van der Waals surface area contributed by atoms with Crippen LogP contribution in [0.25, 0.3) is 0 Å². The molecule has 6 heteroatoms. The fraction of sp³-hybridized carbons (Fsp3) is 0.588. The van der Waals surface area contributed by atoms with E-state index in [1.807, 2.05) is 45.0 Å². The molecule has 0 amide bonds. The van der Waals surface area contributed by atoms with Crippen LogP contribution in [0.3, 0.4) is 0 Å². The Hall–Kier alpha value is -1.30. The van der Waals surface area contributed by atoms with E-state index in [1.54, 1.807) is 14.2 Å². The molecule has 1 rings (SSSR count). The molecule has 1 aromatic rings. The van der Waals surface area contributed by atoms with Gasteiger partial charge in [-0.2, -0.15) is 0 Å². The molecule has 0 aliphatic rings. The minimum absolute atomic E-state index is 0.104. The van der Waals surface area contributed by atoms with Crippen molar-refractivity contribution in [1.82, 2.24) is 10.6 Å². The lowest BCUT2D eigenvalue weighted by molar-refractivity contribution is 0.0310. The van der Waals surface area contributed by atoms with Gasteiger partial charge in [0.15, 0.2) is 5.96 Å². The molecule has 1 unspecified atom stereocenters. The lowest BCUT2D eigenvalue weighted by Crippen LogP contribution is -2.41. The fourth-order valence-corrected chi connectivity index (χ4v) is 2.11. The number of nitrogens with one attached hydrogen (secondary N) is 2. The van der Waals surface area contributed by atoms with Crippen LogP contribution in [-0.2, 0) is 9.47 Å². The summed E-state index contributed by atoms with van der Waals surface area (Å²) in [6, 6.07) is 7.68. The van der Waals surface area contributed by atoms with Crippen LogP contribution in [0.5, 0.6) is 0 Å². The maximum Gasteiger partial charge on any atom is 0.191 e. The summed E-state index contributed by atoms with van der Waals surface area (Å²) in [6.45, 7) is 7.98. The summed E-state index contributed by atoms with van der Waals surface area (Å²) in [7, 11) is 3.38. The molecule has 2 N–H and O–H groups in total. The van der Waals surface area contributed by atoms with Crippen molar-refractivity contribution in [2.24, 2.45) is 4.99 Å². The van der Waals surface area contributed by atoms with Gasteiger partial charge in [0, 0.05) is 32.3 Å². The van der Waals surface area contributed by atoms with Gasteiger partial charge in [-0.1, -0.05) is 23.7 Å². The Labute approximate surface area is 144 Å². The van der Waals surface area contributed by atoms with E-state index < -0.39 is 0 Å². The first-order chi connectivity index (χ1) is 10.9. The van der Waals surface area contributed by atoms with Crippen LogP contribution in [0.4, 0.5) is 0 Å². The van der Waals surface area contributed by atoms with E-state index >= 15 is 0 Å². The average molecular weight is 342 g/mol. The van der Waals surface area contributed by atoms with Crippen LogP contribution in [0.2, 0.25) is 5.02 Å². The maximum absolute atomic E-state index is 6.05. The molecule has 0 radical (unpaired) electrons. The number of benzene rings is 1. The number of methoxy groups -OCH3 is 2.